The van der Waals surface area contributed by atoms with Crippen LogP contribution in [-0.2, 0) is 76.6 Å². The van der Waals surface area contributed by atoms with Gasteiger partial charge in [-0.25, -0.2) is 58.4 Å². The molecule has 3 aromatic rings. The lowest BCUT2D eigenvalue weighted by molar-refractivity contribution is -0.221. The highest BCUT2D eigenvalue weighted by atomic mass is 32.2. The van der Waals surface area contributed by atoms with E-state index in [4.69, 9.17) is 27.8 Å². The van der Waals surface area contributed by atoms with Gasteiger partial charge >= 0.3 is 44.6 Å². The number of ether oxygens (including phenoxy) is 6. The van der Waals surface area contributed by atoms with Crippen molar-refractivity contribution in [3.05, 3.63) is 91.0 Å². The van der Waals surface area contributed by atoms with E-state index in [1.807, 2.05) is 0 Å². The largest absolute Gasteiger partial charge is 0.475 e. The van der Waals surface area contributed by atoms with Gasteiger partial charge in [-0.3, -0.25) is 13.6 Å². The molecule has 6 heterocycles. The van der Waals surface area contributed by atoms with Crippen LogP contribution in [0.15, 0.2) is 106 Å². The maximum atomic E-state index is 14.7. The molecule has 0 saturated carbocycles. The van der Waals surface area contributed by atoms with Crippen LogP contribution < -0.4 is 14.2 Å². The Bertz CT molecular complexity index is 3080. The van der Waals surface area contributed by atoms with Crippen molar-refractivity contribution >= 4 is 56.2 Å². The Kier molecular flexibility index (Phi) is 21.6. The molecule has 0 bridgehead atoms. The summed E-state index contributed by atoms with van der Waals surface area (Å²) in [5, 5.41) is 0. The lowest BCUT2D eigenvalue weighted by Crippen LogP contribution is -2.49. The number of hydrogen-bond donors (Lipinski definition) is 3. The number of halogens is 9. The van der Waals surface area contributed by atoms with Crippen LogP contribution in [0.4, 0.5) is 53.9 Å². The van der Waals surface area contributed by atoms with Gasteiger partial charge in [0.15, 0.2) is 0 Å². The van der Waals surface area contributed by atoms with Gasteiger partial charge in [-0.1, -0.05) is 54.6 Å². The molecule has 25 nitrogen and oxygen atoms in total. The number of hydrogen-bond acceptors (Lipinski definition) is 19. The number of phosphoric ester groups is 1. The summed E-state index contributed by atoms with van der Waals surface area (Å²) in [5.74, 6) is 0. The number of piperidine rings is 3. The average molecular weight is 1400 g/mol. The average Bonchev–Trinajstić information content (AvgIpc) is 1.65. The van der Waals surface area contributed by atoms with E-state index < -0.39 is 148 Å². The van der Waals surface area contributed by atoms with Gasteiger partial charge in [-0.05, 0) is 94.2 Å². The van der Waals surface area contributed by atoms with E-state index in [2.05, 4.69) is 28.4 Å². The number of phosphoric acid groups is 1. The standard InChI is InChI=1S/C54H66F9N6O19PS3/c55-52(56,57)43(86-46(70)67-22-16-49(17-23-67)28-37(31-80-49)64-90(74,75)40-10-4-1-5-11-40)34-83-89(73,84-35-44(53(58,59)60)87-47(71)68-24-18-50(19-25-68)29-38(32-81-50)65-91(76,77)41-12-6-2-7-13-41)85-36-45(54(61,62)63)88-48(72)69-26-20-51(21-27-69)30-39(33-82-51)66-92(78,79)42-14-8-3-9-15-42/h1-15,37-39,43-45,64-66H,16-36H2/t37-,38-,39-,43-,44-,45-/m1/s1. The van der Waals surface area contributed by atoms with Gasteiger partial charge < -0.3 is 43.1 Å². The summed E-state index contributed by atoms with van der Waals surface area (Å²) >= 11 is 0. The molecule has 6 aliphatic heterocycles. The topological polar surface area (TPSA) is 300 Å². The van der Waals surface area contributed by atoms with E-state index in [0.717, 1.165) is 14.7 Å². The smallest absolute Gasteiger partial charge is 0.434 e. The van der Waals surface area contributed by atoms with Crippen LogP contribution in [0.2, 0.25) is 0 Å². The van der Waals surface area contributed by atoms with Crippen molar-refractivity contribution in [2.45, 2.75) is 144 Å². The molecule has 3 spiro atoms. The number of sulfonamides is 3. The van der Waals surface area contributed by atoms with Crippen LogP contribution in [0.5, 0.6) is 0 Å². The number of alkyl halides is 9. The molecule has 6 aliphatic rings. The number of carbonyl (C=O) groups is 3. The van der Waals surface area contributed by atoms with Crippen molar-refractivity contribution in [3.63, 3.8) is 0 Å². The molecule has 3 aromatic carbocycles. The molecule has 6 atom stereocenters. The Morgan fingerprint density at radius 1 is 0.446 bits per heavy atom. The molecule has 512 valence electrons. The monoisotopic (exact) mass is 1400 g/mol. The number of benzene rings is 3. The minimum Gasteiger partial charge on any atom is -0.434 e. The maximum Gasteiger partial charge on any atom is 0.475 e. The third-order valence-electron chi connectivity index (χ3n) is 16.5. The number of nitrogens with one attached hydrogen (secondary N) is 3. The molecule has 0 aromatic heterocycles. The summed E-state index contributed by atoms with van der Waals surface area (Å²) in [6.45, 7) is -8.84. The Hall–Kier alpha value is -5.44. The summed E-state index contributed by atoms with van der Waals surface area (Å²) in [4.78, 5) is 42.3. The first kappa shape index (κ1) is 70.9. The minimum absolute atomic E-state index is 0.0279. The predicted octanol–water partition coefficient (Wildman–Crippen LogP) is 7.15. The second kappa shape index (κ2) is 28.1. The number of likely N-dealkylation sites (tertiary alicyclic amines) is 3. The fourth-order valence-corrected chi connectivity index (χ4v) is 16.4. The number of nitrogens with zero attached hydrogens (tertiary/aromatic N) is 3. The van der Waals surface area contributed by atoms with Gasteiger partial charge in [-0.15, -0.1) is 0 Å². The molecule has 0 unspecified atom stereocenters. The first-order valence-electron chi connectivity index (χ1n) is 28.8. The van der Waals surface area contributed by atoms with E-state index in [1.54, 1.807) is 18.2 Å². The highest BCUT2D eigenvalue weighted by Crippen LogP contribution is 2.52. The minimum atomic E-state index is -6.31. The van der Waals surface area contributed by atoms with E-state index >= 15 is 0 Å². The zero-order valence-electron chi connectivity index (χ0n) is 48.6. The van der Waals surface area contributed by atoms with Crippen LogP contribution >= 0.6 is 7.82 Å². The second-order valence-corrected chi connectivity index (χ2v) is 29.8. The fraction of sp³-hybridized carbons (Fsp3) is 0.611. The summed E-state index contributed by atoms with van der Waals surface area (Å²) in [5.41, 5.74) is -3.12. The van der Waals surface area contributed by atoms with E-state index in [0.29, 0.717) is 0 Å². The second-order valence-electron chi connectivity index (χ2n) is 23.0. The van der Waals surface area contributed by atoms with Crippen molar-refractivity contribution in [1.29, 1.82) is 0 Å². The highest BCUT2D eigenvalue weighted by molar-refractivity contribution is 7.90. The SMILES string of the molecule is O=C(O[C@H](COP(=O)(OC[C@@H](OC(=O)N1CCC2(CC1)C[C@@H](NS(=O)(=O)c1ccccc1)CO2)C(F)(F)F)OC[C@@H](OC(=O)N1CCC2(CC1)C[C@@H](NS(=O)(=O)c1ccccc1)CO2)C(F)(F)F)C(F)(F)F)N1CCC2(CC1)C[C@@H](NS(=O)(=O)c1ccccc1)CO2. The fourth-order valence-electron chi connectivity index (χ4n) is 11.5. The van der Waals surface area contributed by atoms with Gasteiger partial charge in [0.1, 0.15) is 19.8 Å². The molecule has 3 amide bonds. The Balaban J connectivity index is 0.838. The van der Waals surface area contributed by atoms with Crippen LogP contribution in [0.3, 0.4) is 0 Å². The van der Waals surface area contributed by atoms with Crippen LogP contribution in [0, 0.1) is 0 Å². The first-order chi connectivity index (χ1) is 43.1. The molecule has 6 saturated heterocycles. The van der Waals surface area contributed by atoms with E-state index in [-0.39, 0.29) is 132 Å². The lowest BCUT2D eigenvalue weighted by atomic mass is 9.88. The summed E-state index contributed by atoms with van der Waals surface area (Å²) < 4.78 is 278. The zero-order valence-corrected chi connectivity index (χ0v) is 52.0. The molecular weight excluding hydrogens is 1330 g/mol. The van der Waals surface area contributed by atoms with Crippen molar-refractivity contribution in [1.82, 2.24) is 28.9 Å². The number of carbonyl (C=O) groups excluding carboxylic acids is 3. The van der Waals surface area contributed by atoms with Crippen molar-refractivity contribution in [2.24, 2.45) is 0 Å². The first-order valence-corrected chi connectivity index (χ1v) is 34.7. The highest BCUT2D eigenvalue weighted by Gasteiger charge is 2.53. The summed E-state index contributed by atoms with van der Waals surface area (Å²) in [6.07, 6.45) is -32.5. The number of rotatable bonds is 21. The summed E-state index contributed by atoms with van der Waals surface area (Å²) in [7, 11) is -18.3. The quantitative estimate of drug-likeness (QED) is 0.0541. The van der Waals surface area contributed by atoms with E-state index in [9.17, 15) is 83.7 Å². The molecule has 9 rings (SSSR count). The molecule has 92 heavy (non-hydrogen) atoms. The zero-order chi connectivity index (χ0) is 66.6. The van der Waals surface area contributed by atoms with Crippen molar-refractivity contribution < 1.29 is 126 Å². The molecule has 38 heteroatoms. The van der Waals surface area contributed by atoms with Crippen molar-refractivity contribution in [2.75, 3.05) is 78.9 Å². The molecular formula is C54H66F9N6O19PS3. The van der Waals surface area contributed by atoms with Gasteiger partial charge in [0, 0.05) is 57.4 Å². The normalized spacial score (nSPS) is 23.1. The van der Waals surface area contributed by atoms with Crippen LogP contribution in [0.1, 0.15) is 57.8 Å². The van der Waals surface area contributed by atoms with Gasteiger partial charge in [0.2, 0.25) is 48.4 Å². The number of amides is 3. The summed E-state index contributed by atoms with van der Waals surface area (Å²) in [6, 6.07) is 19.9. The molecule has 0 aliphatic carbocycles. The van der Waals surface area contributed by atoms with Gasteiger partial charge in [-0.2, -0.15) is 39.5 Å². The molecule has 6 fully saturated rings. The Labute approximate surface area is 522 Å². The van der Waals surface area contributed by atoms with Gasteiger partial charge in [0.25, 0.3) is 0 Å². The lowest BCUT2D eigenvalue weighted by Gasteiger charge is -2.38. The Morgan fingerprint density at radius 2 is 0.674 bits per heavy atom. The molecule has 3 N–H and O–H groups in total. The van der Waals surface area contributed by atoms with Crippen LogP contribution in [0.25, 0.3) is 0 Å². The Morgan fingerprint density at radius 3 is 0.891 bits per heavy atom. The van der Waals surface area contributed by atoms with E-state index in [1.165, 1.54) is 72.8 Å². The van der Waals surface area contributed by atoms with Crippen molar-refractivity contribution in [3.8, 4) is 0 Å². The third kappa shape index (κ3) is 18.1. The van der Waals surface area contributed by atoms with Crippen LogP contribution in [-0.4, -0.2) is 209 Å². The predicted molar refractivity (Wildman–Crippen MR) is 298 cm³/mol. The molecule has 0 radical (unpaired) electrons. The third-order valence-corrected chi connectivity index (χ3v) is 22.5. The van der Waals surface area contributed by atoms with Gasteiger partial charge in [0.05, 0.1) is 51.3 Å². The maximum absolute atomic E-state index is 14.7.